The number of hydrogen-bond donors (Lipinski definition) is 2. The fourth-order valence-corrected chi connectivity index (χ4v) is 4.07. The van der Waals surface area contributed by atoms with Crippen LogP contribution in [0.15, 0.2) is 53.1 Å². The third-order valence-corrected chi connectivity index (χ3v) is 5.40. The molecule has 1 aliphatic rings. The molecule has 0 radical (unpaired) electrons. The van der Waals surface area contributed by atoms with E-state index in [1.54, 1.807) is 7.11 Å². The van der Waals surface area contributed by atoms with Crippen LogP contribution in [-0.4, -0.2) is 34.8 Å². The van der Waals surface area contributed by atoms with Crippen LogP contribution >= 0.6 is 0 Å². The van der Waals surface area contributed by atoms with Crippen molar-refractivity contribution >= 4 is 11.6 Å². The van der Waals surface area contributed by atoms with E-state index < -0.39 is 0 Å². The molecule has 0 amide bonds. The Labute approximate surface area is 175 Å². The minimum absolute atomic E-state index is 0.00689. The van der Waals surface area contributed by atoms with E-state index >= 15 is 0 Å². The van der Waals surface area contributed by atoms with Gasteiger partial charge in [0.15, 0.2) is 0 Å². The molecule has 1 aliphatic heterocycles. The van der Waals surface area contributed by atoms with Crippen LogP contribution in [0.2, 0.25) is 0 Å². The molecular weight excluding hydrogens is 382 g/mol. The van der Waals surface area contributed by atoms with Crippen molar-refractivity contribution in [2.45, 2.75) is 38.1 Å². The highest BCUT2D eigenvalue weighted by molar-refractivity contribution is 5.47. The Bertz CT molecular complexity index is 962. The summed E-state index contributed by atoms with van der Waals surface area (Å²) in [6, 6.07) is 16.0. The number of benzene rings is 2. The molecule has 2 heterocycles. The maximum atomic E-state index is 6.44. The fraction of sp³-hybridized carbons (Fsp3) is 0.364. The summed E-state index contributed by atoms with van der Waals surface area (Å²) in [5, 5.41) is 3.71. The first-order valence-corrected chi connectivity index (χ1v) is 10.0. The smallest absolute Gasteiger partial charge is 0.260 e. The maximum absolute atomic E-state index is 6.44. The van der Waals surface area contributed by atoms with Gasteiger partial charge >= 0.3 is 0 Å². The number of ether oxygens (including phenoxy) is 2. The summed E-state index contributed by atoms with van der Waals surface area (Å²) in [7, 11) is 1.65. The Morgan fingerprint density at radius 2 is 2.00 bits per heavy atom. The lowest BCUT2D eigenvalue weighted by Gasteiger charge is -2.40. The zero-order valence-corrected chi connectivity index (χ0v) is 17.0. The van der Waals surface area contributed by atoms with Gasteiger partial charge in [-0.25, -0.2) is 0 Å². The van der Waals surface area contributed by atoms with Gasteiger partial charge in [-0.1, -0.05) is 30.3 Å². The van der Waals surface area contributed by atoms with E-state index in [0.29, 0.717) is 24.7 Å². The second-order valence-electron chi connectivity index (χ2n) is 7.44. The molecule has 4 rings (SSSR count). The van der Waals surface area contributed by atoms with E-state index in [4.69, 9.17) is 25.5 Å². The number of piperidine rings is 1. The van der Waals surface area contributed by atoms with Gasteiger partial charge in [-0.15, -0.1) is 0 Å². The average molecular weight is 409 g/mol. The van der Waals surface area contributed by atoms with Gasteiger partial charge in [-0.05, 0) is 48.3 Å². The van der Waals surface area contributed by atoms with Gasteiger partial charge in [0.05, 0.1) is 32.4 Å². The van der Waals surface area contributed by atoms with Crippen molar-refractivity contribution in [2.75, 3.05) is 25.1 Å². The van der Waals surface area contributed by atoms with E-state index in [-0.39, 0.29) is 18.1 Å². The van der Waals surface area contributed by atoms with Crippen LogP contribution < -0.4 is 16.2 Å². The Balaban J connectivity index is 1.56. The molecule has 0 aliphatic carbocycles. The van der Waals surface area contributed by atoms with E-state index in [0.717, 1.165) is 30.7 Å². The molecule has 4 N–H and O–H groups in total. The lowest BCUT2D eigenvalue weighted by atomic mass is 9.92. The lowest BCUT2D eigenvalue weighted by molar-refractivity contribution is -0.0579. The summed E-state index contributed by atoms with van der Waals surface area (Å²) in [6.45, 7) is 1.85. The van der Waals surface area contributed by atoms with Crippen LogP contribution in [0.4, 0.5) is 11.6 Å². The maximum Gasteiger partial charge on any atom is 0.260 e. The molecule has 8 heteroatoms. The third kappa shape index (κ3) is 4.55. The van der Waals surface area contributed by atoms with Gasteiger partial charge in [-0.2, -0.15) is 4.98 Å². The molecule has 2 atom stereocenters. The van der Waals surface area contributed by atoms with Crippen molar-refractivity contribution < 1.29 is 14.0 Å². The number of aromatic nitrogens is 2. The van der Waals surface area contributed by atoms with Crippen molar-refractivity contribution in [1.29, 1.82) is 0 Å². The average Bonchev–Trinajstić information content (AvgIpc) is 3.17. The zero-order chi connectivity index (χ0) is 20.9. The van der Waals surface area contributed by atoms with Gasteiger partial charge in [0.25, 0.3) is 5.95 Å². The second-order valence-corrected chi connectivity index (χ2v) is 7.44. The lowest BCUT2D eigenvalue weighted by Crippen LogP contribution is -2.42. The fourth-order valence-electron chi connectivity index (χ4n) is 4.07. The number of nitrogens with zero attached hydrogens (tertiary/aromatic N) is 3. The highest BCUT2D eigenvalue weighted by Crippen LogP contribution is 2.35. The molecule has 2 aromatic carbocycles. The molecule has 0 bridgehead atoms. The Morgan fingerprint density at radius 3 is 2.73 bits per heavy atom. The minimum atomic E-state index is -0.00689. The number of nitrogen functional groups attached to an aromatic ring is 2. The van der Waals surface area contributed by atoms with Crippen molar-refractivity contribution in [3.63, 3.8) is 0 Å². The number of likely N-dealkylation sites (tertiary alicyclic amines) is 1. The Hall–Kier alpha value is -3.10. The molecule has 3 aromatic rings. The molecule has 2 unspecified atom stereocenters. The van der Waals surface area contributed by atoms with Crippen molar-refractivity contribution in [1.82, 2.24) is 15.0 Å². The van der Waals surface area contributed by atoms with Crippen LogP contribution in [0, 0.1) is 0 Å². The molecule has 8 nitrogen and oxygen atoms in total. The highest BCUT2D eigenvalue weighted by atomic mass is 16.5. The predicted molar refractivity (Wildman–Crippen MR) is 114 cm³/mol. The van der Waals surface area contributed by atoms with Crippen LogP contribution in [0.1, 0.15) is 35.9 Å². The summed E-state index contributed by atoms with van der Waals surface area (Å²) >= 11 is 0. The number of rotatable bonds is 7. The summed E-state index contributed by atoms with van der Waals surface area (Å²) in [5.74, 6) is 1.43. The Kier molecular flexibility index (Phi) is 6.15. The molecule has 158 valence electrons. The van der Waals surface area contributed by atoms with Gasteiger partial charge in [-0.3, -0.25) is 4.90 Å². The van der Waals surface area contributed by atoms with Gasteiger partial charge in [0.2, 0.25) is 5.89 Å². The molecule has 0 saturated carbocycles. The number of anilines is 2. The number of nitrogens with two attached hydrogens (primary N) is 2. The van der Waals surface area contributed by atoms with Crippen LogP contribution in [0.3, 0.4) is 0 Å². The van der Waals surface area contributed by atoms with Crippen molar-refractivity contribution in [2.24, 2.45) is 0 Å². The monoisotopic (exact) mass is 409 g/mol. The van der Waals surface area contributed by atoms with Crippen molar-refractivity contribution in [3.05, 3.63) is 65.5 Å². The molecule has 0 spiro atoms. The summed E-state index contributed by atoms with van der Waals surface area (Å²) < 4.78 is 17.2. The summed E-state index contributed by atoms with van der Waals surface area (Å²) in [6.07, 6.45) is 1.95. The third-order valence-electron chi connectivity index (χ3n) is 5.40. The number of hydrogen-bond acceptors (Lipinski definition) is 8. The predicted octanol–water partition coefficient (Wildman–Crippen LogP) is 3.17. The largest absolute Gasteiger partial charge is 0.496 e. The van der Waals surface area contributed by atoms with Gasteiger partial charge in [0.1, 0.15) is 5.75 Å². The second kappa shape index (κ2) is 9.15. The topological polar surface area (TPSA) is 113 Å². The van der Waals surface area contributed by atoms with E-state index in [1.165, 1.54) is 5.56 Å². The standard InChI is InChI=1S/C22H27N5O3/c1-28-18-10-9-17(23)12-16(18)14-29-19-8-5-11-27(13-20-25-22(24)26-30-20)21(19)15-6-3-2-4-7-15/h2-4,6-7,9-10,12,19,21H,5,8,11,13-14,23H2,1H3,(H2,24,26). The van der Waals surface area contributed by atoms with E-state index in [9.17, 15) is 0 Å². The molecule has 1 aromatic heterocycles. The number of methoxy groups -OCH3 is 1. The summed E-state index contributed by atoms with van der Waals surface area (Å²) in [4.78, 5) is 6.48. The van der Waals surface area contributed by atoms with Crippen LogP contribution in [-0.2, 0) is 17.9 Å². The van der Waals surface area contributed by atoms with Gasteiger partial charge in [0, 0.05) is 11.3 Å². The van der Waals surface area contributed by atoms with Crippen LogP contribution in [0.5, 0.6) is 5.75 Å². The minimum Gasteiger partial charge on any atom is -0.496 e. The molecule has 1 saturated heterocycles. The first-order valence-electron chi connectivity index (χ1n) is 10.0. The highest BCUT2D eigenvalue weighted by Gasteiger charge is 2.34. The van der Waals surface area contributed by atoms with Gasteiger partial charge < -0.3 is 25.5 Å². The van der Waals surface area contributed by atoms with Crippen molar-refractivity contribution in [3.8, 4) is 5.75 Å². The van der Waals surface area contributed by atoms with E-state index in [1.807, 2.05) is 36.4 Å². The Morgan fingerprint density at radius 1 is 1.17 bits per heavy atom. The first kappa shape index (κ1) is 20.2. The SMILES string of the molecule is COc1ccc(N)cc1COC1CCCN(Cc2nc(N)no2)C1c1ccccc1. The quantitative estimate of drug-likeness (QED) is 0.572. The normalized spacial score (nSPS) is 19.6. The summed E-state index contributed by atoms with van der Waals surface area (Å²) in [5.41, 5.74) is 14.4. The zero-order valence-electron chi connectivity index (χ0n) is 17.0. The van der Waals surface area contributed by atoms with Crippen LogP contribution in [0.25, 0.3) is 0 Å². The first-order chi connectivity index (χ1) is 14.6. The molecular formula is C22H27N5O3. The molecule has 1 fully saturated rings. The van der Waals surface area contributed by atoms with E-state index in [2.05, 4.69) is 27.2 Å². The molecule has 30 heavy (non-hydrogen) atoms.